The molecular weight excluding hydrogens is 717 g/mol. The molecule has 0 radical (unpaired) electrons. The molecule has 16 bridgehead atoms. The zero-order valence-electron chi connectivity index (χ0n) is 34.8. The van der Waals surface area contributed by atoms with Crippen molar-refractivity contribution >= 4 is 11.4 Å². The minimum Gasteiger partial charge on any atom is -0.506 e. The summed E-state index contributed by atoms with van der Waals surface area (Å²) in [6, 6.07) is 11.1. The lowest BCUT2D eigenvalue weighted by atomic mass is 9.24. The smallest absolute Gasteiger partial charge is 0.260 e. The van der Waals surface area contributed by atoms with E-state index in [2.05, 4.69) is 0 Å². The van der Waals surface area contributed by atoms with Gasteiger partial charge in [0.1, 0.15) is 23.0 Å². The van der Waals surface area contributed by atoms with Crippen LogP contribution in [0.4, 0.5) is 11.4 Å². The molecule has 8 unspecified atom stereocenters. The summed E-state index contributed by atoms with van der Waals surface area (Å²) in [5.74, 6) is 12.4. The van der Waals surface area contributed by atoms with Gasteiger partial charge in [-0.2, -0.15) is 0 Å². The van der Waals surface area contributed by atoms with E-state index >= 15 is 0 Å². The summed E-state index contributed by atoms with van der Waals surface area (Å²) in [6.45, 7) is 0. The Kier molecular flexibility index (Phi) is 6.85. The first-order valence-corrected chi connectivity index (χ1v) is 24.6. The van der Waals surface area contributed by atoms with E-state index in [9.17, 15) is 10.2 Å². The molecule has 16 saturated carbocycles. The fraction of sp³-hybridized carbons (Fsp3) is 0.769. The van der Waals surface area contributed by atoms with Crippen LogP contribution in [0.15, 0.2) is 36.4 Å². The molecule has 16 aliphatic rings. The normalized spacial score (nSPS) is 52.8. The Morgan fingerprint density at radius 3 is 1.34 bits per heavy atom. The highest BCUT2D eigenvalue weighted by molar-refractivity contribution is 5.56. The van der Waals surface area contributed by atoms with E-state index < -0.39 is 5.79 Å². The topological polar surface area (TPSA) is 111 Å². The number of hydrogen-bond acceptors (Lipinski definition) is 6. The number of nitrogen functional groups attached to an aromatic ring is 2. The number of ether oxygens (including phenoxy) is 2. The standard InChI is InChI=1S/C52H68N2O4/c53-42-17-40(1-3-44(42)55)57-52(58-41-2-4-45(56)43(54)18-41)39-15-35-10-36(16-39)27-51(52,26-35)50-24-33-9-34(25-50)14-38(13-33)47(50)49-22-31-8-32(23-49)12-37(11-31)46(49)48-19-28-5-29(20-48)7-30(6-28)21-48/h1-4,17-18,28-39,46-47,55-56H,5-16,19-27,53-54H2. The van der Waals surface area contributed by atoms with E-state index in [1.165, 1.54) is 70.6 Å². The SMILES string of the molecule is Nc1cc(OC2(Oc3ccc(O)c(N)c3)C3CC4CC(C3)CC2(C23CC5CC(CC(C5)C2C25CC6CC(CC(C6)C2C26CC7CC(CC(C7)C2)C6)C5)C3)C4)ccc1O. The summed E-state index contributed by atoms with van der Waals surface area (Å²) in [6.07, 6.45) is 30.2. The lowest BCUT2D eigenvalue weighted by Crippen LogP contribution is -2.80. The Hall–Kier alpha value is -2.76. The van der Waals surface area contributed by atoms with Crippen molar-refractivity contribution < 1.29 is 19.7 Å². The van der Waals surface area contributed by atoms with Gasteiger partial charge < -0.3 is 31.2 Å². The van der Waals surface area contributed by atoms with Crippen LogP contribution in [0.2, 0.25) is 0 Å². The molecule has 6 heteroatoms. The molecule has 18 rings (SSSR count). The minimum absolute atomic E-state index is 0.104. The number of rotatable bonds is 7. The zero-order valence-corrected chi connectivity index (χ0v) is 34.8. The molecule has 16 aliphatic carbocycles. The van der Waals surface area contributed by atoms with Crippen LogP contribution >= 0.6 is 0 Å². The third-order valence-corrected chi connectivity index (χ3v) is 21.9. The van der Waals surface area contributed by atoms with Crippen LogP contribution in [0.3, 0.4) is 0 Å². The molecule has 310 valence electrons. The van der Waals surface area contributed by atoms with Crippen LogP contribution in [0.1, 0.15) is 135 Å². The summed E-state index contributed by atoms with van der Waals surface area (Å²) in [4.78, 5) is 0. The monoisotopic (exact) mass is 785 g/mol. The Morgan fingerprint density at radius 1 is 0.466 bits per heavy atom. The van der Waals surface area contributed by atoms with Crippen molar-refractivity contribution in [2.24, 2.45) is 105 Å². The van der Waals surface area contributed by atoms with Crippen LogP contribution in [0.25, 0.3) is 0 Å². The highest BCUT2D eigenvalue weighted by atomic mass is 16.7. The molecule has 0 aromatic heterocycles. The molecule has 16 fully saturated rings. The Balaban J connectivity index is 0.998. The number of benzene rings is 2. The molecule has 8 atom stereocenters. The van der Waals surface area contributed by atoms with Gasteiger partial charge in [-0.3, -0.25) is 0 Å². The quantitative estimate of drug-likeness (QED) is 0.126. The highest BCUT2D eigenvalue weighted by Crippen LogP contribution is 2.85. The molecule has 0 spiro atoms. The summed E-state index contributed by atoms with van der Waals surface area (Å²) in [5.41, 5.74) is 14.8. The fourth-order valence-corrected chi connectivity index (χ4v) is 22.6. The van der Waals surface area contributed by atoms with Crippen molar-refractivity contribution in [3.8, 4) is 23.0 Å². The minimum atomic E-state index is -0.893. The summed E-state index contributed by atoms with van der Waals surface area (Å²) < 4.78 is 15.7. The maximum absolute atomic E-state index is 10.7. The molecule has 0 amide bonds. The molecule has 0 saturated heterocycles. The van der Waals surface area contributed by atoms with E-state index in [1.54, 1.807) is 63.5 Å². The fourth-order valence-electron chi connectivity index (χ4n) is 22.6. The molecule has 6 nitrogen and oxygen atoms in total. The Labute approximate surface area is 346 Å². The Bertz CT molecular complexity index is 1930. The molecular formula is C52H68N2O4. The third kappa shape index (κ3) is 4.37. The summed E-state index contributed by atoms with van der Waals surface area (Å²) in [7, 11) is 0. The van der Waals surface area contributed by atoms with E-state index in [0.29, 0.717) is 22.2 Å². The van der Waals surface area contributed by atoms with Crippen LogP contribution in [0.5, 0.6) is 23.0 Å². The molecule has 2 aromatic rings. The van der Waals surface area contributed by atoms with Gasteiger partial charge in [-0.15, -0.1) is 0 Å². The van der Waals surface area contributed by atoms with Gasteiger partial charge in [-0.05, 0) is 252 Å². The number of aromatic hydroxyl groups is 2. The van der Waals surface area contributed by atoms with Gasteiger partial charge in [0.15, 0.2) is 0 Å². The Morgan fingerprint density at radius 2 is 0.879 bits per heavy atom. The van der Waals surface area contributed by atoms with Crippen molar-refractivity contribution in [1.29, 1.82) is 0 Å². The average molecular weight is 785 g/mol. The predicted octanol–water partition coefficient (Wildman–Crippen LogP) is 11.3. The predicted molar refractivity (Wildman–Crippen MR) is 225 cm³/mol. The second-order valence-electron chi connectivity index (χ2n) is 24.8. The first kappa shape index (κ1) is 34.9. The van der Waals surface area contributed by atoms with Gasteiger partial charge >= 0.3 is 0 Å². The first-order valence-electron chi connectivity index (χ1n) is 24.6. The maximum atomic E-state index is 10.7. The molecule has 58 heavy (non-hydrogen) atoms. The first-order chi connectivity index (χ1) is 28.0. The third-order valence-electron chi connectivity index (χ3n) is 21.9. The summed E-state index contributed by atoms with van der Waals surface area (Å²) >= 11 is 0. The maximum Gasteiger partial charge on any atom is 0.260 e. The molecule has 0 aliphatic heterocycles. The molecule has 2 aromatic carbocycles. The second kappa shape index (κ2) is 11.4. The lowest BCUT2D eigenvalue weighted by molar-refractivity contribution is -0.386. The van der Waals surface area contributed by atoms with Crippen molar-refractivity contribution in [2.45, 2.75) is 141 Å². The van der Waals surface area contributed by atoms with Crippen molar-refractivity contribution in [1.82, 2.24) is 0 Å². The second-order valence-corrected chi connectivity index (χ2v) is 24.8. The van der Waals surface area contributed by atoms with Gasteiger partial charge in [-0.25, -0.2) is 0 Å². The number of phenolic OH excluding ortho intramolecular Hbond substituents is 2. The van der Waals surface area contributed by atoms with Crippen LogP contribution < -0.4 is 20.9 Å². The van der Waals surface area contributed by atoms with Crippen LogP contribution in [0, 0.1) is 105 Å². The molecule has 0 heterocycles. The average Bonchev–Trinajstić information content (AvgIpc) is 3.15. The van der Waals surface area contributed by atoms with Crippen LogP contribution in [-0.4, -0.2) is 16.0 Å². The molecule has 6 N–H and O–H groups in total. The highest BCUT2D eigenvalue weighted by Gasteiger charge is 2.82. The number of hydrogen-bond donors (Lipinski definition) is 4. The van der Waals surface area contributed by atoms with Gasteiger partial charge in [0, 0.05) is 18.1 Å². The number of nitrogens with two attached hydrogens (primary N) is 2. The number of anilines is 2. The van der Waals surface area contributed by atoms with Gasteiger partial charge in [0.25, 0.3) is 5.79 Å². The number of phenols is 2. The lowest BCUT2D eigenvalue weighted by Gasteiger charge is -2.81. The van der Waals surface area contributed by atoms with Gasteiger partial charge in [0.05, 0.1) is 16.8 Å². The largest absolute Gasteiger partial charge is 0.506 e. The summed E-state index contributed by atoms with van der Waals surface area (Å²) in [5, 5.41) is 21.3. The van der Waals surface area contributed by atoms with Crippen molar-refractivity contribution in [2.75, 3.05) is 11.5 Å². The van der Waals surface area contributed by atoms with E-state index in [0.717, 1.165) is 101 Å². The van der Waals surface area contributed by atoms with Gasteiger partial charge in [0.2, 0.25) is 0 Å². The van der Waals surface area contributed by atoms with Crippen LogP contribution in [-0.2, 0) is 0 Å². The zero-order chi connectivity index (χ0) is 38.6. The van der Waals surface area contributed by atoms with Crippen molar-refractivity contribution in [3.63, 3.8) is 0 Å². The van der Waals surface area contributed by atoms with E-state index in [4.69, 9.17) is 20.9 Å². The van der Waals surface area contributed by atoms with E-state index in [-0.39, 0.29) is 28.2 Å². The van der Waals surface area contributed by atoms with Gasteiger partial charge in [-0.1, -0.05) is 0 Å². The van der Waals surface area contributed by atoms with Crippen molar-refractivity contribution in [3.05, 3.63) is 36.4 Å². The van der Waals surface area contributed by atoms with E-state index in [1.807, 2.05) is 24.3 Å².